The average Bonchev–Trinajstić information content (AvgIpc) is 2.79. The van der Waals surface area contributed by atoms with Crippen LogP contribution in [0.5, 0.6) is 11.5 Å². The molecule has 0 aliphatic carbocycles. The van der Waals surface area contributed by atoms with Crippen molar-refractivity contribution in [3.8, 4) is 11.5 Å². The highest BCUT2D eigenvalue weighted by molar-refractivity contribution is 6.36. The van der Waals surface area contributed by atoms with Crippen molar-refractivity contribution >= 4 is 59.0 Å². The van der Waals surface area contributed by atoms with Crippen LogP contribution in [0.4, 0.5) is 0 Å². The highest BCUT2D eigenvalue weighted by atomic mass is 35.5. The second-order valence-corrected chi connectivity index (χ2v) is 7.81. The third-order valence-electron chi connectivity index (χ3n) is 4.26. The van der Waals surface area contributed by atoms with Crippen LogP contribution in [0, 0.1) is 0 Å². The second kappa shape index (κ2) is 11.5. The predicted molar refractivity (Wildman–Crippen MR) is 131 cm³/mol. The lowest BCUT2D eigenvalue weighted by molar-refractivity contribution is -0.128. The summed E-state index contributed by atoms with van der Waals surface area (Å²) in [6, 6.07) is 16.3. The molecule has 0 aliphatic heterocycles. The van der Waals surface area contributed by atoms with E-state index >= 15 is 0 Å². The number of hydrogen-bond acceptors (Lipinski definition) is 5. The first kappa shape index (κ1) is 24.3. The van der Waals surface area contributed by atoms with E-state index in [9.17, 15) is 9.59 Å². The van der Waals surface area contributed by atoms with Crippen LogP contribution >= 0.6 is 34.8 Å². The maximum Gasteiger partial charge on any atom is 0.336 e. The van der Waals surface area contributed by atoms with Crippen molar-refractivity contribution in [3.63, 3.8) is 0 Å². The van der Waals surface area contributed by atoms with Gasteiger partial charge < -0.3 is 9.47 Å². The molecule has 0 saturated heterocycles. The van der Waals surface area contributed by atoms with Crippen molar-refractivity contribution in [2.45, 2.75) is 0 Å². The maximum atomic E-state index is 12.3. The van der Waals surface area contributed by atoms with E-state index in [1.54, 1.807) is 55.7 Å². The normalized spacial score (nSPS) is 11.0. The smallest absolute Gasteiger partial charge is 0.336 e. The zero-order chi connectivity index (χ0) is 23.8. The Bertz CT molecular complexity index is 1220. The van der Waals surface area contributed by atoms with Gasteiger partial charge in [0.1, 0.15) is 11.5 Å². The van der Waals surface area contributed by atoms with Crippen LogP contribution < -0.4 is 14.9 Å². The number of nitrogens with one attached hydrogen (secondary N) is 1. The van der Waals surface area contributed by atoms with E-state index in [1.807, 2.05) is 0 Å². The summed E-state index contributed by atoms with van der Waals surface area (Å²) in [4.78, 5) is 24.5. The molecule has 0 bridgehead atoms. The van der Waals surface area contributed by atoms with Gasteiger partial charge >= 0.3 is 5.97 Å². The van der Waals surface area contributed by atoms with Crippen molar-refractivity contribution in [2.24, 2.45) is 5.10 Å². The molecule has 168 valence electrons. The molecule has 0 fully saturated rings. The van der Waals surface area contributed by atoms with Crippen molar-refractivity contribution in [3.05, 3.63) is 98.5 Å². The molecular formula is C24H17Cl3N2O4. The number of ether oxygens (including phenoxy) is 2. The molecule has 0 aromatic heterocycles. The minimum atomic E-state index is -0.597. The quantitative estimate of drug-likeness (QED) is 0.140. The molecule has 3 aromatic carbocycles. The molecule has 0 atom stereocenters. The summed E-state index contributed by atoms with van der Waals surface area (Å²) in [5.74, 6) is -0.202. The molecule has 9 heteroatoms. The molecule has 3 rings (SSSR count). The molecule has 1 amide bonds. The summed E-state index contributed by atoms with van der Waals surface area (Å²) in [7, 11) is 1.58. The third kappa shape index (κ3) is 7.08. The third-order valence-corrected chi connectivity index (χ3v) is 5.04. The summed E-state index contributed by atoms with van der Waals surface area (Å²) >= 11 is 17.9. The van der Waals surface area contributed by atoms with Crippen LogP contribution in [0.3, 0.4) is 0 Å². The van der Waals surface area contributed by atoms with Crippen LogP contribution in [0.15, 0.2) is 71.8 Å². The molecular weight excluding hydrogens is 487 g/mol. The fourth-order valence-corrected chi connectivity index (χ4v) is 3.30. The highest BCUT2D eigenvalue weighted by Gasteiger charge is 2.11. The number of amides is 1. The van der Waals surface area contributed by atoms with Crippen molar-refractivity contribution in [1.82, 2.24) is 5.43 Å². The maximum absolute atomic E-state index is 12.3. The van der Waals surface area contributed by atoms with E-state index in [0.717, 1.165) is 5.56 Å². The van der Waals surface area contributed by atoms with Crippen LogP contribution in [-0.4, -0.2) is 25.2 Å². The Kier molecular flexibility index (Phi) is 8.49. The summed E-state index contributed by atoms with van der Waals surface area (Å²) in [5, 5.41) is 4.90. The average molecular weight is 504 g/mol. The predicted octanol–water partition coefficient (Wildman–Crippen LogP) is 6.04. The van der Waals surface area contributed by atoms with Crippen molar-refractivity contribution in [2.75, 3.05) is 7.11 Å². The van der Waals surface area contributed by atoms with E-state index in [0.29, 0.717) is 21.4 Å². The molecule has 1 N–H and O–H groups in total. The van der Waals surface area contributed by atoms with Gasteiger partial charge in [0, 0.05) is 21.7 Å². The van der Waals surface area contributed by atoms with E-state index in [-0.39, 0.29) is 16.3 Å². The van der Waals surface area contributed by atoms with Crippen molar-refractivity contribution in [1.29, 1.82) is 0 Å². The Hall–Kier alpha value is -3.32. The Labute approximate surface area is 205 Å². The van der Waals surface area contributed by atoms with Crippen molar-refractivity contribution < 1.29 is 19.1 Å². The molecule has 0 aliphatic rings. The standard InChI is InChI=1S/C24H17Cl3N2O4/c1-32-19-7-2-15(3-8-19)4-11-23(30)33-22-10-6-17(25)12-16(22)14-28-29-24(31)20-9-5-18(26)13-21(20)27/h2-14H,1H3,(H,29,31)/b11-4+,28-14+. The Balaban J connectivity index is 1.68. The van der Waals surface area contributed by atoms with Gasteiger partial charge in [0.15, 0.2) is 0 Å². The van der Waals surface area contributed by atoms with E-state index < -0.39 is 11.9 Å². The van der Waals surface area contributed by atoms with Gasteiger partial charge in [-0.05, 0) is 60.2 Å². The monoisotopic (exact) mass is 502 g/mol. The largest absolute Gasteiger partial charge is 0.497 e. The van der Waals surface area contributed by atoms with Crippen LogP contribution in [0.1, 0.15) is 21.5 Å². The van der Waals surface area contributed by atoms with E-state index in [1.165, 1.54) is 30.5 Å². The Morgan fingerprint density at radius 1 is 0.939 bits per heavy atom. The lowest BCUT2D eigenvalue weighted by Crippen LogP contribution is -2.18. The molecule has 3 aromatic rings. The van der Waals surface area contributed by atoms with E-state index in [2.05, 4.69) is 10.5 Å². The summed E-state index contributed by atoms with van der Waals surface area (Å²) in [6.45, 7) is 0. The zero-order valence-corrected chi connectivity index (χ0v) is 19.5. The highest BCUT2D eigenvalue weighted by Crippen LogP contribution is 2.23. The second-order valence-electron chi connectivity index (χ2n) is 6.53. The number of carbonyl (C=O) groups is 2. The SMILES string of the molecule is COc1ccc(/C=C/C(=O)Oc2ccc(Cl)cc2/C=N/NC(=O)c2ccc(Cl)cc2Cl)cc1. The number of carbonyl (C=O) groups excluding carboxylic acids is 2. The fraction of sp³-hybridized carbons (Fsp3) is 0.0417. The molecule has 0 radical (unpaired) electrons. The number of benzene rings is 3. The minimum absolute atomic E-state index is 0.191. The van der Waals surface area contributed by atoms with Crippen LogP contribution in [0.25, 0.3) is 6.08 Å². The number of esters is 1. The van der Waals surface area contributed by atoms with Gasteiger partial charge in [0.2, 0.25) is 0 Å². The molecule has 0 unspecified atom stereocenters. The number of methoxy groups -OCH3 is 1. The van der Waals surface area contributed by atoms with E-state index in [4.69, 9.17) is 44.3 Å². The van der Waals surface area contributed by atoms with Gasteiger partial charge in [0.25, 0.3) is 5.91 Å². The molecule has 6 nitrogen and oxygen atoms in total. The van der Waals surface area contributed by atoms with Gasteiger partial charge in [-0.3, -0.25) is 4.79 Å². The number of halogens is 3. The first-order valence-electron chi connectivity index (χ1n) is 9.47. The van der Waals surface area contributed by atoms with Gasteiger partial charge in [0.05, 0.1) is 23.9 Å². The fourth-order valence-electron chi connectivity index (χ4n) is 2.63. The zero-order valence-electron chi connectivity index (χ0n) is 17.2. The molecule has 0 saturated carbocycles. The summed E-state index contributed by atoms with van der Waals surface area (Å²) < 4.78 is 10.5. The topological polar surface area (TPSA) is 77.0 Å². The van der Waals surface area contributed by atoms with Crippen LogP contribution in [-0.2, 0) is 4.79 Å². The lowest BCUT2D eigenvalue weighted by Gasteiger charge is -2.07. The van der Waals surface area contributed by atoms with Crippen LogP contribution in [0.2, 0.25) is 15.1 Å². The molecule has 0 spiro atoms. The summed E-state index contributed by atoms with van der Waals surface area (Å²) in [6.07, 6.45) is 4.21. The first-order chi connectivity index (χ1) is 15.9. The van der Waals surface area contributed by atoms with Gasteiger partial charge in [-0.15, -0.1) is 0 Å². The Morgan fingerprint density at radius 2 is 1.64 bits per heavy atom. The molecule has 33 heavy (non-hydrogen) atoms. The minimum Gasteiger partial charge on any atom is -0.497 e. The number of nitrogens with zero attached hydrogens (tertiary/aromatic N) is 1. The van der Waals surface area contributed by atoms with Gasteiger partial charge in [-0.1, -0.05) is 46.9 Å². The first-order valence-corrected chi connectivity index (χ1v) is 10.6. The molecule has 0 heterocycles. The van der Waals surface area contributed by atoms with Gasteiger partial charge in [-0.2, -0.15) is 5.10 Å². The number of rotatable bonds is 7. The summed E-state index contributed by atoms with van der Waals surface area (Å²) in [5.41, 5.74) is 3.75. The Morgan fingerprint density at radius 3 is 2.33 bits per heavy atom. The van der Waals surface area contributed by atoms with Gasteiger partial charge in [-0.25, -0.2) is 10.2 Å². The number of hydrogen-bond donors (Lipinski definition) is 1. The lowest BCUT2D eigenvalue weighted by atomic mass is 10.2. The number of hydrazone groups is 1.